The van der Waals surface area contributed by atoms with Crippen LogP contribution in [0.15, 0.2) is 24.3 Å². The molecule has 0 bridgehead atoms. The molecule has 1 aliphatic heterocycles. The fourth-order valence-corrected chi connectivity index (χ4v) is 2.10. The number of para-hydroxylation sites is 1. The van der Waals surface area contributed by atoms with E-state index in [9.17, 15) is 14.9 Å². The number of nitrogens with zero attached hydrogens (tertiary/aromatic N) is 2. The van der Waals surface area contributed by atoms with Gasteiger partial charge in [-0.2, -0.15) is 0 Å². The van der Waals surface area contributed by atoms with E-state index in [2.05, 4.69) is 0 Å². The van der Waals surface area contributed by atoms with E-state index in [1.165, 1.54) is 6.07 Å². The molecule has 0 aliphatic carbocycles. The average Bonchev–Trinajstić information content (AvgIpc) is 2.39. The van der Waals surface area contributed by atoms with Crippen molar-refractivity contribution in [3.05, 3.63) is 39.9 Å². The molecule has 1 atom stereocenters. The Balaban J connectivity index is 2.19. The molecule has 0 spiro atoms. The second kappa shape index (κ2) is 5.77. The zero-order chi connectivity index (χ0) is 13.8. The smallest absolute Gasteiger partial charge is 0.323 e. The highest BCUT2D eigenvalue weighted by Crippen LogP contribution is 2.21. The van der Waals surface area contributed by atoms with Crippen LogP contribution in [-0.2, 0) is 16.1 Å². The number of ether oxygens (including phenoxy) is 1. The maximum Gasteiger partial charge on any atom is 0.323 e. The number of carbonyl (C=O) groups is 1. The summed E-state index contributed by atoms with van der Waals surface area (Å²) in [4.78, 5) is 23.3. The van der Waals surface area contributed by atoms with Crippen LogP contribution in [0.5, 0.6) is 0 Å². The van der Waals surface area contributed by atoms with Crippen LogP contribution < -0.4 is 0 Å². The summed E-state index contributed by atoms with van der Waals surface area (Å²) in [5, 5.41) is 20.0. The molecule has 1 fully saturated rings. The minimum Gasteiger partial charge on any atom is -0.480 e. The van der Waals surface area contributed by atoms with E-state index in [1.54, 1.807) is 23.1 Å². The van der Waals surface area contributed by atoms with Gasteiger partial charge in [0.2, 0.25) is 0 Å². The molecule has 1 N–H and O–H groups in total. The Morgan fingerprint density at radius 1 is 1.53 bits per heavy atom. The molecular weight excluding hydrogens is 252 g/mol. The van der Waals surface area contributed by atoms with Crippen LogP contribution in [0.3, 0.4) is 0 Å². The van der Waals surface area contributed by atoms with E-state index >= 15 is 0 Å². The van der Waals surface area contributed by atoms with Crippen molar-refractivity contribution in [1.82, 2.24) is 4.90 Å². The number of carboxylic acid groups (broad SMARTS) is 1. The molecule has 0 saturated carbocycles. The van der Waals surface area contributed by atoms with Crippen LogP contribution in [0.25, 0.3) is 0 Å². The van der Waals surface area contributed by atoms with Gasteiger partial charge in [-0.25, -0.2) is 0 Å². The van der Waals surface area contributed by atoms with Gasteiger partial charge < -0.3 is 9.84 Å². The normalized spacial score (nSPS) is 20.1. The first-order valence-electron chi connectivity index (χ1n) is 5.86. The lowest BCUT2D eigenvalue weighted by Gasteiger charge is -2.32. The van der Waals surface area contributed by atoms with Crippen molar-refractivity contribution in [2.75, 3.05) is 19.8 Å². The fraction of sp³-hybridized carbons (Fsp3) is 0.417. The molecule has 1 unspecified atom stereocenters. The number of rotatable bonds is 4. The number of benzene rings is 1. The van der Waals surface area contributed by atoms with Crippen LogP contribution in [0, 0.1) is 10.1 Å². The van der Waals surface area contributed by atoms with Gasteiger partial charge in [0.05, 0.1) is 18.1 Å². The first kappa shape index (κ1) is 13.4. The number of morpholine rings is 1. The van der Waals surface area contributed by atoms with Crippen LogP contribution >= 0.6 is 0 Å². The van der Waals surface area contributed by atoms with E-state index in [4.69, 9.17) is 9.84 Å². The number of nitro groups is 1. The summed E-state index contributed by atoms with van der Waals surface area (Å²) in [7, 11) is 0. The van der Waals surface area contributed by atoms with E-state index in [0.29, 0.717) is 18.7 Å². The van der Waals surface area contributed by atoms with Crippen LogP contribution in [0.2, 0.25) is 0 Å². The topological polar surface area (TPSA) is 92.9 Å². The van der Waals surface area contributed by atoms with Gasteiger partial charge in [-0.1, -0.05) is 18.2 Å². The molecule has 19 heavy (non-hydrogen) atoms. The summed E-state index contributed by atoms with van der Waals surface area (Å²) >= 11 is 0. The summed E-state index contributed by atoms with van der Waals surface area (Å²) in [6, 6.07) is 5.61. The Kier molecular flexibility index (Phi) is 4.08. The van der Waals surface area contributed by atoms with Crippen LogP contribution in [-0.4, -0.2) is 46.7 Å². The first-order valence-corrected chi connectivity index (χ1v) is 5.86. The lowest BCUT2D eigenvalue weighted by molar-refractivity contribution is -0.385. The van der Waals surface area contributed by atoms with Gasteiger partial charge in [0, 0.05) is 24.7 Å². The monoisotopic (exact) mass is 266 g/mol. The lowest BCUT2D eigenvalue weighted by atomic mass is 10.1. The average molecular weight is 266 g/mol. The Morgan fingerprint density at radius 3 is 2.95 bits per heavy atom. The molecule has 0 amide bonds. The minimum atomic E-state index is -0.974. The van der Waals surface area contributed by atoms with Gasteiger partial charge in [0.25, 0.3) is 5.69 Å². The Labute approximate surface area is 109 Å². The largest absolute Gasteiger partial charge is 0.480 e. The highest BCUT2D eigenvalue weighted by molar-refractivity contribution is 5.73. The Bertz CT molecular complexity index is 491. The summed E-state index contributed by atoms with van der Waals surface area (Å²) in [6.45, 7) is 1.22. The van der Waals surface area contributed by atoms with Crippen LogP contribution in [0.4, 0.5) is 5.69 Å². The van der Waals surface area contributed by atoms with Gasteiger partial charge in [-0.3, -0.25) is 19.8 Å². The van der Waals surface area contributed by atoms with Crippen molar-refractivity contribution in [1.29, 1.82) is 0 Å². The van der Waals surface area contributed by atoms with Crippen molar-refractivity contribution < 1.29 is 19.6 Å². The minimum absolute atomic E-state index is 0.0122. The molecule has 0 radical (unpaired) electrons. The van der Waals surface area contributed by atoms with Gasteiger partial charge in [0.1, 0.15) is 6.04 Å². The summed E-state index contributed by atoms with van der Waals surface area (Å²) in [6.07, 6.45) is 0. The third-order valence-corrected chi connectivity index (χ3v) is 3.09. The van der Waals surface area contributed by atoms with Crippen molar-refractivity contribution in [2.24, 2.45) is 0 Å². The number of hydrogen-bond donors (Lipinski definition) is 1. The zero-order valence-electron chi connectivity index (χ0n) is 10.2. The number of aliphatic carboxylic acids is 1. The Hall–Kier alpha value is -1.99. The van der Waals surface area contributed by atoms with E-state index in [0.717, 1.165) is 0 Å². The van der Waals surface area contributed by atoms with Gasteiger partial charge in [-0.15, -0.1) is 0 Å². The van der Waals surface area contributed by atoms with E-state index in [-0.39, 0.29) is 18.8 Å². The van der Waals surface area contributed by atoms with Crippen molar-refractivity contribution in [3.63, 3.8) is 0 Å². The van der Waals surface area contributed by atoms with Gasteiger partial charge in [-0.05, 0) is 0 Å². The number of carboxylic acids is 1. The molecule has 1 aromatic rings. The van der Waals surface area contributed by atoms with E-state index in [1.807, 2.05) is 0 Å². The van der Waals surface area contributed by atoms with Gasteiger partial charge in [0.15, 0.2) is 0 Å². The number of nitro benzene ring substituents is 1. The third kappa shape index (κ3) is 3.07. The highest BCUT2D eigenvalue weighted by Gasteiger charge is 2.30. The van der Waals surface area contributed by atoms with Crippen molar-refractivity contribution in [2.45, 2.75) is 12.6 Å². The second-order valence-electron chi connectivity index (χ2n) is 4.29. The molecule has 7 heteroatoms. The molecule has 102 valence electrons. The molecule has 0 aromatic heterocycles. The van der Waals surface area contributed by atoms with Gasteiger partial charge >= 0.3 is 5.97 Å². The highest BCUT2D eigenvalue weighted by atomic mass is 16.6. The Morgan fingerprint density at radius 2 is 2.26 bits per heavy atom. The summed E-state index contributed by atoms with van der Waals surface area (Å²) in [5.74, 6) is -0.974. The maximum atomic E-state index is 11.1. The molecule has 2 rings (SSSR count). The van der Waals surface area contributed by atoms with Crippen molar-refractivity contribution >= 4 is 11.7 Å². The van der Waals surface area contributed by atoms with E-state index < -0.39 is 16.9 Å². The number of hydrogen-bond acceptors (Lipinski definition) is 5. The fourth-order valence-electron chi connectivity index (χ4n) is 2.10. The first-order chi connectivity index (χ1) is 9.09. The third-order valence-electron chi connectivity index (χ3n) is 3.09. The second-order valence-corrected chi connectivity index (χ2v) is 4.29. The molecule has 1 heterocycles. The summed E-state index contributed by atoms with van der Waals surface area (Å²) in [5.41, 5.74) is 0.527. The maximum absolute atomic E-state index is 11.1. The SMILES string of the molecule is O=C(O)C1COCCN1Cc1ccccc1[N+](=O)[O-]. The molecule has 1 aromatic carbocycles. The predicted molar refractivity (Wildman–Crippen MR) is 65.7 cm³/mol. The van der Waals surface area contributed by atoms with Crippen molar-refractivity contribution in [3.8, 4) is 0 Å². The lowest BCUT2D eigenvalue weighted by Crippen LogP contribution is -2.49. The summed E-state index contributed by atoms with van der Waals surface area (Å²) < 4.78 is 5.13. The molecule has 7 nitrogen and oxygen atoms in total. The molecule has 1 aliphatic rings. The quantitative estimate of drug-likeness (QED) is 0.642. The van der Waals surface area contributed by atoms with Crippen LogP contribution in [0.1, 0.15) is 5.56 Å². The molecule has 1 saturated heterocycles. The molecular formula is C12H14N2O5. The standard InChI is InChI=1S/C12H14N2O5/c15-12(16)11-8-19-6-5-13(11)7-9-3-1-2-4-10(9)14(17)18/h1-4,11H,5-8H2,(H,15,16). The predicted octanol–water partition coefficient (Wildman–Crippen LogP) is 0.880. The zero-order valence-corrected chi connectivity index (χ0v) is 10.2.